The molecule has 0 amide bonds. The van der Waals surface area contributed by atoms with Crippen molar-refractivity contribution < 1.29 is 0 Å². The fourth-order valence-electron chi connectivity index (χ4n) is 1.52. The smallest absolute Gasteiger partial charge is 0.0622 e. The highest BCUT2D eigenvalue weighted by atomic mass is 32.2. The zero-order valence-electron chi connectivity index (χ0n) is 7.12. The molecule has 1 saturated heterocycles. The first-order chi connectivity index (χ1) is 5.95. The molecule has 1 fully saturated rings. The largest absolute Gasteiger partial charge is 0.161 e. The molecule has 0 nitrogen and oxygen atoms in total. The average molecular weight is 177 g/mol. The van der Waals surface area contributed by atoms with Crippen LogP contribution in [0.2, 0.25) is 0 Å². The molecule has 1 aliphatic rings. The van der Waals surface area contributed by atoms with Crippen LogP contribution in [0.3, 0.4) is 0 Å². The summed E-state index contributed by atoms with van der Waals surface area (Å²) in [4.78, 5) is 0. The third kappa shape index (κ3) is 1.98. The van der Waals surface area contributed by atoms with Crippen LogP contribution in [0.15, 0.2) is 30.3 Å². The topological polar surface area (TPSA) is 0 Å². The molecular formula is C11H13S+. The molecule has 62 valence electrons. The van der Waals surface area contributed by atoms with Gasteiger partial charge in [-0.1, -0.05) is 30.3 Å². The van der Waals surface area contributed by atoms with Crippen LogP contribution in [0.25, 0.3) is 0 Å². The Morgan fingerprint density at radius 1 is 1.25 bits per heavy atom. The van der Waals surface area contributed by atoms with Crippen LogP contribution < -0.4 is 0 Å². The summed E-state index contributed by atoms with van der Waals surface area (Å²) in [7, 11) is 0. The van der Waals surface area contributed by atoms with Gasteiger partial charge in [0.05, 0.1) is 11.8 Å². The quantitative estimate of drug-likeness (QED) is 0.625. The van der Waals surface area contributed by atoms with Crippen molar-refractivity contribution in [2.45, 2.75) is 19.3 Å². The van der Waals surface area contributed by atoms with Crippen LogP contribution in [0.5, 0.6) is 0 Å². The summed E-state index contributed by atoms with van der Waals surface area (Å²) in [5, 5.41) is 1.67. The van der Waals surface area contributed by atoms with Crippen molar-refractivity contribution in [1.82, 2.24) is 0 Å². The lowest BCUT2D eigenvalue weighted by Crippen LogP contribution is -1.91. The Morgan fingerprint density at radius 2 is 2.08 bits per heavy atom. The van der Waals surface area contributed by atoms with Crippen LogP contribution in [-0.2, 0) is 6.42 Å². The van der Waals surface area contributed by atoms with Gasteiger partial charge >= 0.3 is 0 Å². The lowest BCUT2D eigenvalue weighted by molar-refractivity contribution is 0.885. The molecule has 0 unspecified atom stereocenters. The van der Waals surface area contributed by atoms with Gasteiger partial charge in [0.2, 0.25) is 0 Å². The van der Waals surface area contributed by atoms with Gasteiger partial charge in [-0.3, -0.25) is 0 Å². The van der Waals surface area contributed by atoms with Gasteiger partial charge in [-0.25, -0.2) is 0 Å². The molecule has 0 spiro atoms. The summed E-state index contributed by atoms with van der Waals surface area (Å²) in [5.41, 5.74) is 1.46. The third-order valence-corrected chi connectivity index (χ3v) is 3.40. The molecule has 0 aromatic heterocycles. The summed E-state index contributed by atoms with van der Waals surface area (Å²) >= 11 is 2.05. The van der Waals surface area contributed by atoms with E-state index in [-0.39, 0.29) is 0 Å². The molecule has 0 saturated carbocycles. The molecule has 12 heavy (non-hydrogen) atoms. The second kappa shape index (κ2) is 3.90. The predicted octanol–water partition coefficient (Wildman–Crippen LogP) is 3.29. The molecule has 0 N–H and O–H groups in total. The molecule has 1 heterocycles. The number of rotatable bonds is 2. The monoisotopic (exact) mass is 177 g/mol. The van der Waals surface area contributed by atoms with E-state index in [1.54, 1.807) is 5.25 Å². The van der Waals surface area contributed by atoms with E-state index in [1.165, 1.54) is 30.6 Å². The molecule has 1 aromatic carbocycles. The Balaban J connectivity index is 1.94. The van der Waals surface area contributed by atoms with E-state index in [2.05, 4.69) is 42.1 Å². The van der Waals surface area contributed by atoms with Gasteiger partial charge in [0.1, 0.15) is 12.8 Å². The Kier molecular flexibility index (Phi) is 2.62. The molecule has 0 bridgehead atoms. The van der Waals surface area contributed by atoms with Crippen molar-refractivity contribution in [1.29, 1.82) is 0 Å². The molecule has 0 atom stereocenters. The van der Waals surface area contributed by atoms with E-state index in [4.69, 9.17) is 0 Å². The second-order valence-electron chi connectivity index (χ2n) is 3.15. The van der Waals surface area contributed by atoms with Crippen LogP contribution in [-0.4, -0.2) is 5.75 Å². The van der Waals surface area contributed by atoms with Crippen LogP contribution in [0.4, 0.5) is 0 Å². The minimum Gasteiger partial charge on any atom is -0.0622 e. The minimum atomic E-state index is 1.19. The summed E-state index contributed by atoms with van der Waals surface area (Å²) in [5.74, 6) is 1.34. The Bertz CT molecular complexity index is 224. The SMILES string of the molecule is c1ccc(C[C+]2CCCS2)cc1. The standard InChI is InChI=1S/C11H13S/c1-2-5-10(6-3-1)9-11-7-4-8-12-11/h1-3,5-6H,4,7-9H2/q+1. The fraction of sp³-hybridized carbons (Fsp3) is 0.364. The summed E-state index contributed by atoms with van der Waals surface area (Å²) in [6.45, 7) is 0. The van der Waals surface area contributed by atoms with Crippen molar-refractivity contribution in [3.05, 3.63) is 41.1 Å². The van der Waals surface area contributed by atoms with Gasteiger partial charge in [0, 0.05) is 12.2 Å². The van der Waals surface area contributed by atoms with Crippen molar-refractivity contribution >= 4 is 11.8 Å². The first-order valence-corrected chi connectivity index (χ1v) is 5.45. The van der Waals surface area contributed by atoms with Gasteiger partial charge in [0.25, 0.3) is 0 Å². The van der Waals surface area contributed by atoms with E-state index in [0.29, 0.717) is 0 Å². The Hall–Kier alpha value is -0.560. The molecule has 2 rings (SSSR count). The van der Waals surface area contributed by atoms with E-state index in [1.807, 2.05) is 0 Å². The van der Waals surface area contributed by atoms with Gasteiger partial charge in [-0.05, 0) is 5.56 Å². The van der Waals surface area contributed by atoms with Crippen LogP contribution >= 0.6 is 11.8 Å². The minimum absolute atomic E-state index is 1.19. The summed E-state index contributed by atoms with van der Waals surface area (Å²) in [6.07, 6.45) is 3.90. The number of thioether (sulfide) groups is 1. The van der Waals surface area contributed by atoms with Gasteiger partial charge in [-0.15, -0.1) is 0 Å². The van der Waals surface area contributed by atoms with Crippen molar-refractivity contribution in [3.8, 4) is 0 Å². The van der Waals surface area contributed by atoms with E-state index in [9.17, 15) is 0 Å². The van der Waals surface area contributed by atoms with E-state index in [0.717, 1.165) is 0 Å². The molecular weight excluding hydrogens is 164 g/mol. The summed E-state index contributed by atoms with van der Waals surface area (Å²) < 4.78 is 0. The molecule has 0 radical (unpaired) electrons. The average Bonchev–Trinajstić information content (AvgIpc) is 2.59. The Morgan fingerprint density at radius 3 is 2.75 bits per heavy atom. The highest BCUT2D eigenvalue weighted by Gasteiger charge is 2.27. The van der Waals surface area contributed by atoms with Crippen molar-refractivity contribution in [3.63, 3.8) is 0 Å². The number of benzene rings is 1. The molecule has 0 aliphatic carbocycles. The highest BCUT2D eigenvalue weighted by molar-refractivity contribution is 8.02. The third-order valence-electron chi connectivity index (χ3n) is 2.15. The van der Waals surface area contributed by atoms with E-state index >= 15 is 0 Å². The van der Waals surface area contributed by atoms with Crippen molar-refractivity contribution in [2.24, 2.45) is 0 Å². The zero-order chi connectivity index (χ0) is 8.23. The number of hydrogen-bond acceptors (Lipinski definition) is 1. The van der Waals surface area contributed by atoms with Gasteiger partial charge in [-0.2, -0.15) is 0 Å². The van der Waals surface area contributed by atoms with E-state index < -0.39 is 0 Å². The van der Waals surface area contributed by atoms with Crippen molar-refractivity contribution in [2.75, 3.05) is 5.75 Å². The first-order valence-electron chi connectivity index (χ1n) is 4.46. The first kappa shape index (κ1) is 8.06. The molecule has 1 aliphatic heterocycles. The Labute approximate surface area is 78.4 Å². The number of hydrogen-bond donors (Lipinski definition) is 0. The van der Waals surface area contributed by atoms with Crippen LogP contribution in [0, 0.1) is 5.25 Å². The molecule has 1 heteroatoms. The maximum Gasteiger partial charge on any atom is 0.161 e. The lowest BCUT2D eigenvalue weighted by atomic mass is 10.1. The zero-order valence-corrected chi connectivity index (χ0v) is 7.94. The van der Waals surface area contributed by atoms with Gasteiger partial charge < -0.3 is 0 Å². The molecule has 1 aromatic rings. The second-order valence-corrected chi connectivity index (χ2v) is 4.43. The maximum absolute atomic E-state index is 2.21. The lowest BCUT2D eigenvalue weighted by Gasteiger charge is -1.96. The van der Waals surface area contributed by atoms with Crippen LogP contribution in [0.1, 0.15) is 18.4 Å². The maximum atomic E-state index is 2.21. The highest BCUT2D eigenvalue weighted by Crippen LogP contribution is 2.35. The summed E-state index contributed by atoms with van der Waals surface area (Å²) in [6, 6.07) is 10.7. The normalized spacial score (nSPS) is 16.8. The van der Waals surface area contributed by atoms with Gasteiger partial charge in [0.15, 0.2) is 5.25 Å². The fourth-order valence-corrected chi connectivity index (χ4v) is 2.66. The predicted molar refractivity (Wildman–Crippen MR) is 55.1 cm³/mol.